The summed E-state index contributed by atoms with van der Waals surface area (Å²) in [5.41, 5.74) is -1.23. The van der Waals surface area contributed by atoms with Crippen LogP contribution in [0.15, 0.2) is 35.1 Å². The first-order valence-electron chi connectivity index (χ1n) is 5.75. The maximum absolute atomic E-state index is 11.8. The minimum absolute atomic E-state index is 0.131. The number of carbonyl (C=O) groups excluding carboxylic acids is 1. The van der Waals surface area contributed by atoms with Gasteiger partial charge in [0.1, 0.15) is 11.3 Å². The Morgan fingerprint density at radius 2 is 1.90 bits per heavy atom. The van der Waals surface area contributed by atoms with Gasteiger partial charge in [-0.15, -0.1) is 0 Å². The van der Waals surface area contributed by atoms with E-state index in [1.54, 1.807) is 30.3 Å². The number of aryl methyl sites for hydroxylation is 1. The first kappa shape index (κ1) is 13.6. The molecule has 0 spiro atoms. The molecule has 0 aliphatic carbocycles. The van der Waals surface area contributed by atoms with Gasteiger partial charge in [0.25, 0.3) is 0 Å². The van der Waals surface area contributed by atoms with Gasteiger partial charge >= 0.3 is 11.2 Å². The van der Waals surface area contributed by atoms with Crippen LogP contribution in [0.25, 0.3) is 11.3 Å². The second-order valence-electron chi connectivity index (χ2n) is 4.18. The third-order valence-corrected chi connectivity index (χ3v) is 2.80. The van der Waals surface area contributed by atoms with Gasteiger partial charge in [-0.2, -0.15) is 5.10 Å². The standard InChI is InChI=1S/C13H11N3O4/c1-8(17)10-11(9-6-4-3-5-7-9)14-15(2)13(18)12(10)16(19)20/h3-7H,1-2H3. The number of rotatable bonds is 3. The molecule has 0 saturated heterocycles. The topological polar surface area (TPSA) is 95.1 Å². The van der Waals surface area contributed by atoms with Crippen molar-refractivity contribution in [1.29, 1.82) is 0 Å². The fourth-order valence-corrected chi connectivity index (χ4v) is 1.92. The molecule has 0 amide bonds. The van der Waals surface area contributed by atoms with Crippen LogP contribution in [-0.2, 0) is 7.05 Å². The fourth-order valence-electron chi connectivity index (χ4n) is 1.92. The normalized spacial score (nSPS) is 10.3. The van der Waals surface area contributed by atoms with Gasteiger partial charge in [-0.1, -0.05) is 30.3 Å². The van der Waals surface area contributed by atoms with Gasteiger partial charge in [-0.25, -0.2) is 4.68 Å². The van der Waals surface area contributed by atoms with Gasteiger partial charge in [-0.3, -0.25) is 19.7 Å². The lowest BCUT2D eigenvalue weighted by atomic mass is 10.0. The number of nitrogens with zero attached hydrogens (tertiary/aromatic N) is 3. The molecule has 1 heterocycles. The molecule has 0 aliphatic heterocycles. The van der Waals surface area contributed by atoms with Gasteiger partial charge < -0.3 is 0 Å². The van der Waals surface area contributed by atoms with Crippen LogP contribution in [-0.4, -0.2) is 20.5 Å². The summed E-state index contributed by atoms with van der Waals surface area (Å²) < 4.78 is 0.868. The molecule has 0 radical (unpaired) electrons. The number of benzene rings is 1. The first-order valence-corrected chi connectivity index (χ1v) is 5.75. The summed E-state index contributed by atoms with van der Waals surface area (Å²) >= 11 is 0. The van der Waals surface area contributed by atoms with Crippen LogP contribution >= 0.6 is 0 Å². The molecule has 20 heavy (non-hydrogen) atoms. The number of hydrogen-bond donors (Lipinski definition) is 0. The van der Waals surface area contributed by atoms with Crippen molar-refractivity contribution in [2.24, 2.45) is 7.05 Å². The molecule has 0 saturated carbocycles. The van der Waals surface area contributed by atoms with E-state index < -0.39 is 22.0 Å². The maximum Gasteiger partial charge on any atom is 0.348 e. The third kappa shape index (κ3) is 2.20. The summed E-state index contributed by atoms with van der Waals surface area (Å²) in [5, 5.41) is 15.1. The molecule has 2 rings (SSSR count). The SMILES string of the molecule is CC(=O)c1c(-c2ccccc2)nn(C)c(=O)c1[N+](=O)[O-]. The van der Waals surface area contributed by atoms with Crippen molar-refractivity contribution < 1.29 is 9.72 Å². The summed E-state index contributed by atoms with van der Waals surface area (Å²) in [6.07, 6.45) is 0. The molecule has 7 heteroatoms. The van der Waals surface area contributed by atoms with Crippen molar-refractivity contribution in [2.45, 2.75) is 6.92 Å². The zero-order chi connectivity index (χ0) is 14.9. The van der Waals surface area contributed by atoms with Crippen LogP contribution in [0.3, 0.4) is 0 Å². The zero-order valence-corrected chi connectivity index (χ0v) is 10.9. The molecule has 0 unspecified atom stereocenters. The molecule has 0 fully saturated rings. The Hall–Kier alpha value is -2.83. The van der Waals surface area contributed by atoms with E-state index in [-0.39, 0.29) is 11.3 Å². The number of hydrogen-bond acceptors (Lipinski definition) is 5. The number of nitro groups is 1. The predicted molar refractivity (Wildman–Crippen MR) is 71.6 cm³/mol. The van der Waals surface area contributed by atoms with E-state index in [0.29, 0.717) is 5.56 Å². The summed E-state index contributed by atoms with van der Waals surface area (Å²) in [5.74, 6) is -0.569. The highest BCUT2D eigenvalue weighted by Crippen LogP contribution is 2.26. The Labute approximate surface area is 113 Å². The zero-order valence-electron chi connectivity index (χ0n) is 10.9. The Bertz CT molecular complexity index is 750. The third-order valence-electron chi connectivity index (χ3n) is 2.80. The van der Waals surface area contributed by atoms with Crippen molar-refractivity contribution in [3.63, 3.8) is 0 Å². The van der Waals surface area contributed by atoms with Crippen molar-refractivity contribution >= 4 is 11.5 Å². The van der Waals surface area contributed by atoms with E-state index in [9.17, 15) is 19.7 Å². The smallest absolute Gasteiger partial charge is 0.294 e. The minimum atomic E-state index is -0.903. The Morgan fingerprint density at radius 1 is 1.30 bits per heavy atom. The molecule has 1 aromatic carbocycles. The lowest BCUT2D eigenvalue weighted by Gasteiger charge is -2.08. The highest BCUT2D eigenvalue weighted by molar-refractivity contribution is 6.03. The van der Waals surface area contributed by atoms with Crippen LogP contribution in [0, 0.1) is 10.1 Å². The molecule has 0 aliphatic rings. The predicted octanol–water partition coefficient (Wildman–Crippen LogP) is 1.56. The van der Waals surface area contributed by atoms with E-state index in [4.69, 9.17) is 0 Å². The summed E-state index contributed by atoms with van der Waals surface area (Å²) in [6, 6.07) is 8.55. The molecule has 0 bridgehead atoms. The summed E-state index contributed by atoms with van der Waals surface area (Å²) in [7, 11) is 1.31. The van der Waals surface area contributed by atoms with Gasteiger partial charge in [-0.05, 0) is 6.92 Å². The van der Waals surface area contributed by atoms with Gasteiger partial charge in [0.2, 0.25) is 0 Å². The quantitative estimate of drug-likeness (QED) is 0.480. The lowest BCUT2D eigenvalue weighted by Crippen LogP contribution is -2.26. The van der Waals surface area contributed by atoms with Crippen LogP contribution in [0.5, 0.6) is 0 Å². The van der Waals surface area contributed by atoms with Gasteiger partial charge in [0, 0.05) is 12.6 Å². The van der Waals surface area contributed by atoms with Crippen molar-refractivity contribution in [3.05, 3.63) is 56.4 Å². The van der Waals surface area contributed by atoms with Gasteiger partial charge in [0.05, 0.1) is 4.92 Å². The van der Waals surface area contributed by atoms with Crippen molar-refractivity contribution in [1.82, 2.24) is 9.78 Å². The highest BCUT2D eigenvalue weighted by Gasteiger charge is 2.29. The summed E-state index contributed by atoms with van der Waals surface area (Å²) in [6.45, 7) is 1.18. The minimum Gasteiger partial charge on any atom is -0.294 e. The van der Waals surface area contributed by atoms with Crippen LogP contribution in [0.1, 0.15) is 17.3 Å². The molecular formula is C13H11N3O4. The highest BCUT2D eigenvalue weighted by atomic mass is 16.6. The molecular weight excluding hydrogens is 262 g/mol. The second kappa shape index (κ2) is 5.04. The van der Waals surface area contributed by atoms with E-state index in [1.807, 2.05) is 0 Å². The number of ketones is 1. The monoisotopic (exact) mass is 273 g/mol. The average Bonchev–Trinajstić information content (AvgIpc) is 2.41. The number of carbonyl (C=O) groups is 1. The number of Topliss-reactive ketones (excluding diaryl/α,β-unsaturated/α-hetero) is 1. The van der Waals surface area contributed by atoms with E-state index in [1.165, 1.54) is 14.0 Å². The van der Waals surface area contributed by atoms with Gasteiger partial charge in [0.15, 0.2) is 5.78 Å². The molecule has 102 valence electrons. The lowest BCUT2D eigenvalue weighted by molar-refractivity contribution is -0.386. The molecule has 0 atom stereocenters. The van der Waals surface area contributed by atoms with E-state index >= 15 is 0 Å². The van der Waals surface area contributed by atoms with Crippen LogP contribution in [0.2, 0.25) is 0 Å². The molecule has 0 N–H and O–H groups in total. The van der Waals surface area contributed by atoms with Crippen molar-refractivity contribution in [2.75, 3.05) is 0 Å². The summed E-state index contributed by atoms with van der Waals surface area (Å²) in [4.78, 5) is 33.8. The fraction of sp³-hybridized carbons (Fsp3) is 0.154. The van der Waals surface area contributed by atoms with Crippen molar-refractivity contribution in [3.8, 4) is 11.3 Å². The van der Waals surface area contributed by atoms with Crippen LogP contribution < -0.4 is 5.56 Å². The number of aromatic nitrogens is 2. The maximum atomic E-state index is 11.8. The Kier molecular flexibility index (Phi) is 3.43. The second-order valence-corrected chi connectivity index (χ2v) is 4.18. The Morgan fingerprint density at radius 3 is 2.40 bits per heavy atom. The average molecular weight is 273 g/mol. The van der Waals surface area contributed by atoms with Crippen LogP contribution in [0.4, 0.5) is 5.69 Å². The first-order chi connectivity index (χ1) is 9.43. The van der Waals surface area contributed by atoms with E-state index in [2.05, 4.69) is 5.10 Å². The largest absolute Gasteiger partial charge is 0.348 e. The molecule has 1 aromatic heterocycles. The molecule has 7 nitrogen and oxygen atoms in total. The molecule has 2 aromatic rings. The van der Waals surface area contributed by atoms with E-state index in [0.717, 1.165) is 4.68 Å². The Balaban J connectivity index is 2.92.